The van der Waals surface area contributed by atoms with Crippen LogP contribution in [0.15, 0.2) is 48.6 Å². The molecule has 0 heterocycles. The summed E-state index contributed by atoms with van der Waals surface area (Å²) in [7, 11) is -4.63. The van der Waals surface area contributed by atoms with E-state index in [0.29, 0.717) is 19.3 Å². The van der Waals surface area contributed by atoms with Crippen LogP contribution in [0.25, 0.3) is 0 Å². The second-order valence-corrected chi connectivity index (χ2v) is 14.4. The fraction of sp³-hybridized carbons (Fsp3) is 0.744. The van der Waals surface area contributed by atoms with Crippen LogP contribution in [0.2, 0.25) is 0 Å². The molecule has 0 aliphatic carbocycles. The minimum atomic E-state index is -4.63. The Hall–Kier alpha value is -2.11. The minimum Gasteiger partial charge on any atom is -0.462 e. The van der Waals surface area contributed by atoms with Gasteiger partial charge in [-0.2, -0.15) is 0 Å². The molecule has 0 saturated heterocycles. The molecule has 0 spiro atoms. The van der Waals surface area contributed by atoms with E-state index in [2.05, 4.69) is 54.8 Å². The van der Waals surface area contributed by atoms with Crippen LogP contribution in [0.3, 0.4) is 0 Å². The van der Waals surface area contributed by atoms with E-state index >= 15 is 0 Å². The van der Waals surface area contributed by atoms with Crippen molar-refractivity contribution in [1.82, 2.24) is 0 Å². The minimum absolute atomic E-state index is 0.151. The molecule has 0 amide bonds. The molecular weight excluding hydrogens is 675 g/mol. The number of phosphoric acid groups is 1. The van der Waals surface area contributed by atoms with Gasteiger partial charge in [0.2, 0.25) is 0 Å². The maximum Gasteiger partial charge on any atom is 0.472 e. The Kier molecular flexibility index (Phi) is 32.3. The largest absolute Gasteiger partial charge is 0.472 e. The summed E-state index contributed by atoms with van der Waals surface area (Å²) in [4.78, 5) is 34.8. The number of rotatable bonds is 34. The molecule has 0 fully saturated rings. The zero-order valence-electron chi connectivity index (χ0n) is 31.6. The summed E-state index contributed by atoms with van der Waals surface area (Å²) in [6.45, 7) is 4.25. The Balaban J connectivity index is 4.47. The molecular formula is C39H69O11P. The van der Waals surface area contributed by atoms with Crippen LogP contribution >= 0.6 is 7.82 Å². The maximum absolute atomic E-state index is 12.5. The molecule has 5 atom stereocenters. The Morgan fingerprint density at radius 3 is 1.80 bits per heavy atom. The SMILES string of the molecule is CCC(C)CCCCCCCCC(=O)O[C@H](COC(=O)CCC/C=C\C/C=C\C/C=C\C/C=C\CC[C@@H](O)CC)COP(=O)(O)OC[C@@H](O)CO. The second kappa shape index (κ2) is 33.7. The van der Waals surface area contributed by atoms with Crippen LogP contribution in [-0.4, -0.2) is 76.9 Å². The number of unbranched alkanes of at least 4 members (excludes halogenated alkanes) is 6. The lowest BCUT2D eigenvalue weighted by Crippen LogP contribution is -2.29. The number of hydrogen-bond donors (Lipinski definition) is 4. The molecule has 11 nitrogen and oxygen atoms in total. The predicted molar refractivity (Wildman–Crippen MR) is 202 cm³/mol. The molecule has 2 unspecified atom stereocenters. The third-order valence-electron chi connectivity index (χ3n) is 8.19. The molecule has 0 aromatic carbocycles. The Morgan fingerprint density at radius 1 is 0.647 bits per heavy atom. The lowest BCUT2D eigenvalue weighted by molar-refractivity contribution is -0.161. The summed E-state index contributed by atoms with van der Waals surface area (Å²) in [6, 6.07) is 0. The van der Waals surface area contributed by atoms with Crippen LogP contribution in [0.1, 0.15) is 136 Å². The average Bonchev–Trinajstić information content (AvgIpc) is 3.12. The number of carbonyl (C=O) groups is 2. The first-order valence-corrected chi connectivity index (χ1v) is 20.6. The van der Waals surface area contributed by atoms with Crippen molar-refractivity contribution in [2.75, 3.05) is 26.4 Å². The van der Waals surface area contributed by atoms with E-state index in [1.165, 1.54) is 25.7 Å². The van der Waals surface area contributed by atoms with Crippen LogP contribution in [-0.2, 0) is 32.7 Å². The topological polar surface area (TPSA) is 169 Å². The standard InChI is InChI=1S/C39H69O11P/c1-4-34(3)26-22-18-16-17-21-25-29-39(44)50-37(33-49-51(45,46)48-31-36(42)30-40)32-47-38(43)28-24-20-15-13-11-9-7-6-8-10-12-14-19-23-27-35(41)5-2/h7-10,13-15,19,34-37,40-42H,4-6,11-12,16-18,20-33H2,1-3H3,(H,45,46)/b9-7-,10-8-,15-13-,19-14-/t34?,35-,36-,37+/m0/s1. The van der Waals surface area contributed by atoms with Crippen molar-refractivity contribution in [2.45, 2.75) is 155 Å². The Labute approximate surface area is 307 Å². The normalized spacial score (nSPS) is 15.8. The van der Waals surface area contributed by atoms with Gasteiger partial charge >= 0.3 is 19.8 Å². The molecule has 296 valence electrons. The molecule has 12 heteroatoms. The van der Waals surface area contributed by atoms with Crippen molar-refractivity contribution in [3.05, 3.63) is 48.6 Å². The number of hydrogen-bond acceptors (Lipinski definition) is 10. The van der Waals surface area contributed by atoms with Crippen LogP contribution < -0.4 is 0 Å². The summed E-state index contributed by atoms with van der Waals surface area (Å²) in [5.74, 6) is -0.262. The van der Waals surface area contributed by atoms with Crippen molar-refractivity contribution in [3.8, 4) is 0 Å². The average molecular weight is 745 g/mol. The number of phosphoric ester groups is 1. The zero-order chi connectivity index (χ0) is 38.0. The van der Waals surface area contributed by atoms with Crippen molar-refractivity contribution in [2.24, 2.45) is 5.92 Å². The van der Waals surface area contributed by atoms with E-state index < -0.39 is 51.8 Å². The number of ether oxygens (including phenoxy) is 2. The zero-order valence-corrected chi connectivity index (χ0v) is 32.5. The molecule has 0 bridgehead atoms. The van der Waals surface area contributed by atoms with Gasteiger partial charge in [-0.3, -0.25) is 18.6 Å². The summed E-state index contributed by atoms with van der Waals surface area (Å²) >= 11 is 0. The summed E-state index contributed by atoms with van der Waals surface area (Å²) in [6.07, 6.45) is 29.1. The first kappa shape index (κ1) is 48.9. The van der Waals surface area contributed by atoms with E-state index in [-0.39, 0.29) is 25.6 Å². The highest BCUT2D eigenvalue weighted by atomic mass is 31.2. The van der Waals surface area contributed by atoms with Crippen LogP contribution in [0, 0.1) is 5.92 Å². The number of carbonyl (C=O) groups excluding carboxylic acids is 2. The number of aliphatic hydroxyl groups excluding tert-OH is 3. The van der Waals surface area contributed by atoms with Crippen molar-refractivity contribution in [3.63, 3.8) is 0 Å². The molecule has 0 aliphatic rings. The number of esters is 2. The fourth-order valence-electron chi connectivity index (χ4n) is 4.65. The molecule has 0 rings (SSSR count). The highest BCUT2D eigenvalue weighted by molar-refractivity contribution is 7.47. The fourth-order valence-corrected chi connectivity index (χ4v) is 5.44. The van der Waals surface area contributed by atoms with E-state index in [1.807, 2.05) is 19.1 Å². The number of aliphatic hydroxyl groups is 3. The Morgan fingerprint density at radius 2 is 1.20 bits per heavy atom. The van der Waals surface area contributed by atoms with Gasteiger partial charge in [-0.15, -0.1) is 0 Å². The van der Waals surface area contributed by atoms with Crippen molar-refractivity contribution in [1.29, 1.82) is 0 Å². The van der Waals surface area contributed by atoms with Crippen molar-refractivity contribution < 1.29 is 52.9 Å². The molecule has 0 aromatic rings. The van der Waals surface area contributed by atoms with Gasteiger partial charge in [0.25, 0.3) is 0 Å². The molecule has 51 heavy (non-hydrogen) atoms. The van der Waals surface area contributed by atoms with E-state index in [4.69, 9.17) is 19.1 Å². The predicted octanol–water partition coefficient (Wildman–Crippen LogP) is 8.21. The third-order valence-corrected chi connectivity index (χ3v) is 9.14. The van der Waals surface area contributed by atoms with Gasteiger partial charge in [-0.25, -0.2) is 4.57 Å². The number of allylic oxidation sites excluding steroid dienone is 8. The summed E-state index contributed by atoms with van der Waals surface area (Å²) in [5, 5.41) is 27.8. The van der Waals surface area contributed by atoms with E-state index in [9.17, 15) is 29.3 Å². The monoisotopic (exact) mass is 744 g/mol. The van der Waals surface area contributed by atoms with Crippen molar-refractivity contribution >= 4 is 19.8 Å². The summed E-state index contributed by atoms with van der Waals surface area (Å²) < 4.78 is 32.5. The smallest absolute Gasteiger partial charge is 0.462 e. The van der Waals surface area contributed by atoms with Gasteiger partial charge in [-0.1, -0.05) is 114 Å². The molecule has 0 radical (unpaired) electrons. The lowest BCUT2D eigenvalue weighted by atomic mass is 10.00. The van der Waals surface area contributed by atoms with Gasteiger partial charge in [0, 0.05) is 12.8 Å². The quantitative estimate of drug-likeness (QED) is 0.0217. The second-order valence-electron chi connectivity index (χ2n) is 13.0. The van der Waals surface area contributed by atoms with Crippen LogP contribution in [0.4, 0.5) is 0 Å². The Bertz CT molecular complexity index is 1030. The third kappa shape index (κ3) is 33.5. The van der Waals surface area contributed by atoms with E-state index in [0.717, 1.165) is 63.7 Å². The highest BCUT2D eigenvalue weighted by Crippen LogP contribution is 2.43. The van der Waals surface area contributed by atoms with Crippen LogP contribution in [0.5, 0.6) is 0 Å². The van der Waals surface area contributed by atoms with Gasteiger partial charge in [0.15, 0.2) is 6.10 Å². The van der Waals surface area contributed by atoms with Gasteiger partial charge in [-0.05, 0) is 63.7 Å². The molecule has 0 aromatic heterocycles. The van der Waals surface area contributed by atoms with Gasteiger partial charge in [0.05, 0.1) is 25.9 Å². The first-order chi connectivity index (χ1) is 24.5. The van der Waals surface area contributed by atoms with Gasteiger partial charge < -0.3 is 29.7 Å². The lowest BCUT2D eigenvalue weighted by Gasteiger charge is -2.20. The molecule has 0 saturated carbocycles. The summed E-state index contributed by atoms with van der Waals surface area (Å²) in [5.41, 5.74) is 0. The maximum atomic E-state index is 12.5. The molecule has 0 aliphatic heterocycles. The van der Waals surface area contributed by atoms with E-state index in [1.54, 1.807) is 0 Å². The molecule has 4 N–H and O–H groups in total. The van der Waals surface area contributed by atoms with Gasteiger partial charge in [0.1, 0.15) is 12.7 Å². The first-order valence-electron chi connectivity index (χ1n) is 19.1. The highest BCUT2D eigenvalue weighted by Gasteiger charge is 2.27.